The average molecular weight is 340 g/mol. The highest BCUT2D eigenvalue weighted by atomic mass is 35.5. The highest BCUT2D eigenvalue weighted by Crippen LogP contribution is 2.18. The molecule has 0 aromatic heterocycles. The molecular weight excluding hydrogens is 314 g/mol. The molecule has 5 nitrogen and oxygen atoms in total. The maximum absolute atomic E-state index is 12.8. The Labute approximate surface area is 144 Å². The van der Waals surface area contributed by atoms with Crippen molar-refractivity contribution in [2.75, 3.05) is 25.0 Å². The van der Waals surface area contributed by atoms with Crippen molar-refractivity contribution in [2.45, 2.75) is 39.2 Å². The maximum atomic E-state index is 12.8. The topological polar surface area (TPSA) is 61.4 Å². The van der Waals surface area contributed by atoms with E-state index in [1.807, 2.05) is 4.90 Å². The van der Waals surface area contributed by atoms with Gasteiger partial charge in [-0.1, -0.05) is 6.92 Å². The van der Waals surface area contributed by atoms with Crippen molar-refractivity contribution in [1.82, 2.24) is 10.2 Å². The van der Waals surface area contributed by atoms with Crippen LogP contribution in [-0.2, 0) is 4.79 Å². The van der Waals surface area contributed by atoms with Crippen LogP contribution in [0, 0.1) is 0 Å². The third-order valence-electron chi connectivity index (χ3n) is 3.93. The molecule has 0 radical (unpaired) electrons. The lowest BCUT2D eigenvalue weighted by molar-refractivity contribution is -0.114. The minimum atomic E-state index is -0.110. The van der Waals surface area contributed by atoms with Crippen molar-refractivity contribution >= 4 is 29.9 Å². The number of nitrogens with one attached hydrogen (secondary N) is 2. The lowest BCUT2D eigenvalue weighted by Crippen LogP contribution is -2.46. The fourth-order valence-electron chi connectivity index (χ4n) is 2.87. The molecule has 0 saturated carbocycles. The summed E-state index contributed by atoms with van der Waals surface area (Å²) in [6, 6.07) is 7.46. The number of amides is 2. The van der Waals surface area contributed by atoms with E-state index in [2.05, 4.69) is 17.6 Å². The fourth-order valence-corrected chi connectivity index (χ4v) is 2.87. The zero-order valence-corrected chi connectivity index (χ0v) is 14.6. The predicted molar refractivity (Wildman–Crippen MR) is 95.2 cm³/mol. The summed E-state index contributed by atoms with van der Waals surface area (Å²) in [7, 11) is 0. The van der Waals surface area contributed by atoms with Gasteiger partial charge in [-0.05, 0) is 56.6 Å². The molecule has 1 aromatic carbocycles. The van der Waals surface area contributed by atoms with Crippen molar-refractivity contribution < 1.29 is 9.59 Å². The molecule has 1 aromatic rings. The first-order valence-electron chi connectivity index (χ1n) is 8.01. The summed E-state index contributed by atoms with van der Waals surface area (Å²) in [6.07, 6.45) is 2.98. The Morgan fingerprint density at radius 1 is 1.22 bits per heavy atom. The molecule has 1 aliphatic heterocycles. The van der Waals surface area contributed by atoms with E-state index < -0.39 is 0 Å². The number of hydrogen-bond acceptors (Lipinski definition) is 3. The van der Waals surface area contributed by atoms with E-state index in [4.69, 9.17) is 0 Å². The van der Waals surface area contributed by atoms with Gasteiger partial charge < -0.3 is 15.5 Å². The molecule has 1 saturated heterocycles. The van der Waals surface area contributed by atoms with E-state index in [-0.39, 0.29) is 24.2 Å². The highest BCUT2D eigenvalue weighted by Gasteiger charge is 2.25. The minimum absolute atomic E-state index is 0. The normalized spacial score (nSPS) is 14.7. The smallest absolute Gasteiger partial charge is 0.254 e. The van der Waals surface area contributed by atoms with Gasteiger partial charge in [-0.15, -0.1) is 12.4 Å². The summed E-state index contributed by atoms with van der Waals surface area (Å²) in [6.45, 7) is 6.30. The number of rotatable bonds is 5. The second-order valence-electron chi connectivity index (χ2n) is 5.74. The molecular formula is C17H26ClN3O2. The van der Waals surface area contributed by atoms with E-state index in [0.717, 1.165) is 38.9 Å². The number of hydrogen-bond donors (Lipinski definition) is 2. The Morgan fingerprint density at radius 3 is 2.35 bits per heavy atom. The van der Waals surface area contributed by atoms with Gasteiger partial charge in [-0.25, -0.2) is 0 Å². The number of benzene rings is 1. The third kappa shape index (κ3) is 5.52. The van der Waals surface area contributed by atoms with Gasteiger partial charge in [0, 0.05) is 30.8 Å². The van der Waals surface area contributed by atoms with Gasteiger partial charge in [-0.2, -0.15) is 0 Å². The largest absolute Gasteiger partial charge is 0.336 e. The van der Waals surface area contributed by atoms with Crippen LogP contribution in [0.4, 0.5) is 5.69 Å². The van der Waals surface area contributed by atoms with Gasteiger partial charge in [0.1, 0.15) is 0 Å². The summed E-state index contributed by atoms with van der Waals surface area (Å²) in [5.41, 5.74) is 1.40. The second-order valence-corrected chi connectivity index (χ2v) is 5.74. The Balaban J connectivity index is 0.00000264. The monoisotopic (exact) mass is 339 g/mol. The number of piperidine rings is 1. The average Bonchev–Trinajstić information content (AvgIpc) is 2.53. The van der Waals surface area contributed by atoms with Crippen LogP contribution in [0.15, 0.2) is 24.3 Å². The van der Waals surface area contributed by atoms with Gasteiger partial charge >= 0.3 is 0 Å². The van der Waals surface area contributed by atoms with Crippen LogP contribution in [0.5, 0.6) is 0 Å². The first kappa shape index (κ1) is 19.5. The molecule has 0 aliphatic carbocycles. The molecule has 0 unspecified atom stereocenters. The first-order valence-corrected chi connectivity index (χ1v) is 8.01. The van der Waals surface area contributed by atoms with E-state index in [9.17, 15) is 9.59 Å². The van der Waals surface area contributed by atoms with Crippen LogP contribution in [0.2, 0.25) is 0 Å². The Bertz CT molecular complexity index is 513. The molecule has 128 valence electrons. The van der Waals surface area contributed by atoms with Crippen molar-refractivity contribution in [3.05, 3.63) is 29.8 Å². The van der Waals surface area contributed by atoms with Crippen LogP contribution in [0.1, 0.15) is 43.5 Å². The summed E-state index contributed by atoms with van der Waals surface area (Å²) in [4.78, 5) is 25.8. The van der Waals surface area contributed by atoms with E-state index in [1.165, 1.54) is 6.92 Å². The fraction of sp³-hybridized carbons (Fsp3) is 0.529. The standard InChI is InChI=1S/C17H25N3O2.ClH/c1-3-12-20(16-8-10-18-11-9-16)17(22)14-4-6-15(7-5-14)19-13(2)21;/h4-7,16,18H,3,8-12H2,1-2H3,(H,19,21);1H. The van der Waals surface area contributed by atoms with Crippen molar-refractivity contribution in [1.29, 1.82) is 0 Å². The molecule has 0 atom stereocenters. The number of anilines is 1. The lowest BCUT2D eigenvalue weighted by atomic mass is 10.0. The van der Waals surface area contributed by atoms with Crippen LogP contribution in [0.25, 0.3) is 0 Å². The van der Waals surface area contributed by atoms with Crippen molar-refractivity contribution in [3.8, 4) is 0 Å². The van der Waals surface area contributed by atoms with Crippen LogP contribution in [-0.4, -0.2) is 42.4 Å². The SMILES string of the molecule is CCCN(C(=O)c1ccc(NC(C)=O)cc1)C1CCNCC1.Cl. The molecule has 2 rings (SSSR count). The van der Waals surface area contributed by atoms with Gasteiger partial charge in [0.2, 0.25) is 5.91 Å². The summed E-state index contributed by atoms with van der Waals surface area (Å²) in [5, 5.41) is 6.05. The third-order valence-corrected chi connectivity index (χ3v) is 3.93. The zero-order chi connectivity index (χ0) is 15.9. The Hall–Kier alpha value is -1.59. The van der Waals surface area contributed by atoms with Gasteiger partial charge in [0.15, 0.2) is 0 Å². The molecule has 23 heavy (non-hydrogen) atoms. The molecule has 1 aliphatic rings. The zero-order valence-electron chi connectivity index (χ0n) is 13.8. The summed E-state index contributed by atoms with van der Waals surface area (Å²) in [5.74, 6) is -0.0236. The molecule has 2 N–H and O–H groups in total. The number of nitrogens with zero attached hydrogens (tertiary/aromatic N) is 1. The molecule has 1 heterocycles. The van der Waals surface area contributed by atoms with Crippen molar-refractivity contribution in [3.63, 3.8) is 0 Å². The Morgan fingerprint density at radius 2 is 1.83 bits per heavy atom. The second kappa shape index (κ2) is 9.53. The highest BCUT2D eigenvalue weighted by molar-refractivity contribution is 5.95. The van der Waals surface area contributed by atoms with Crippen LogP contribution >= 0.6 is 12.4 Å². The first-order chi connectivity index (χ1) is 10.6. The number of carbonyl (C=O) groups is 2. The van der Waals surface area contributed by atoms with Crippen LogP contribution < -0.4 is 10.6 Å². The molecule has 0 bridgehead atoms. The minimum Gasteiger partial charge on any atom is -0.336 e. The number of halogens is 1. The quantitative estimate of drug-likeness (QED) is 0.867. The van der Waals surface area contributed by atoms with E-state index in [1.54, 1.807) is 24.3 Å². The molecule has 6 heteroatoms. The molecule has 0 spiro atoms. The van der Waals surface area contributed by atoms with Gasteiger partial charge in [0.25, 0.3) is 5.91 Å². The van der Waals surface area contributed by atoms with Gasteiger partial charge in [-0.3, -0.25) is 9.59 Å². The van der Waals surface area contributed by atoms with Gasteiger partial charge in [0.05, 0.1) is 0 Å². The number of carbonyl (C=O) groups excluding carboxylic acids is 2. The lowest BCUT2D eigenvalue weighted by Gasteiger charge is -2.34. The summed E-state index contributed by atoms with van der Waals surface area (Å²) >= 11 is 0. The molecule has 1 fully saturated rings. The van der Waals surface area contributed by atoms with E-state index >= 15 is 0 Å². The van der Waals surface area contributed by atoms with E-state index in [0.29, 0.717) is 17.3 Å². The predicted octanol–water partition coefficient (Wildman–Crippen LogP) is 2.67. The summed E-state index contributed by atoms with van der Waals surface area (Å²) < 4.78 is 0. The Kier molecular flexibility index (Phi) is 8.06. The van der Waals surface area contributed by atoms with Crippen LogP contribution in [0.3, 0.4) is 0 Å². The van der Waals surface area contributed by atoms with Crippen molar-refractivity contribution in [2.24, 2.45) is 0 Å². The maximum Gasteiger partial charge on any atom is 0.254 e. The molecule has 2 amide bonds.